The number of benzene rings is 1. The summed E-state index contributed by atoms with van der Waals surface area (Å²) >= 11 is 0. The Morgan fingerprint density at radius 3 is 2.08 bits per heavy atom. The summed E-state index contributed by atoms with van der Waals surface area (Å²) in [5.74, 6) is -1.26. The number of unbranched alkanes of at least 4 members (excludes halogenated alkanes) is 2. The van der Waals surface area contributed by atoms with Gasteiger partial charge in [0, 0.05) is 30.8 Å². The van der Waals surface area contributed by atoms with Gasteiger partial charge in [-0.15, -0.1) is 0 Å². The van der Waals surface area contributed by atoms with Gasteiger partial charge in [-0.05, 0) is 48.8 Å². The lowest BCUT2D eigenvalue weighted by molar-refractivity contribution is -0.137. The summed E-state index contributed by atoms with van der Waals surface area (Å²) in [6.45, 7) is 8.06. The molecule has 1 aromatic rings. The van der Waals surface area contributed by atoms with Crippen molar-refractivity contribution in [1.29, 1.82) is 0 Å². The van der Waals surface area contributed by atoms with Crippen LogP contribution >= 0.6 is 0 Å². The van der Waals surface area contributed by atoms with Gasteiger partial charge in [0.1, 0.15) is 6.04 Å². The molecule has 0 spiro atoms. The summed E-state index contributed by atoms with van der Waals surface area (Å²) in [5, 5.41) is 8.11. The monoisotopic (exact) mass is 498 g/mol. The van der Waals surface area contributed by atoms with E-state index in [1.165, 1.54) is 22.6 Å². The van der Waals surface area contributed by atoms with Crippen LogP contribution in [0.5, 0.6) is 0 Å². The van der Waals surface area contributed by atoms with E-state index in [0.717, 1.165) is 6.42 Å². The number of nitrogens with zero attached hydrogens (tertiary/aromatic N) is 1. The Kier molecular flexibility index (Phi) is 11.3. The third-order valence-electron chi connectivity index (χ3n) is 5.76. The second-order valence-corrected chi connectivity index (χ2v) is 9.82. The first-order valence-electron chi connectivity index (χ1n) is 12.6. The van der Waals surface area contributed by atoms with Crippen LogP contribution in [0, 0.1) is 11.8 Å². The van der Waals surface area contributed by atoms with Gasteiger partial charge >= 0.3 is 0 Å². The Labute approximate surface area is 213 Å². The highest BCUT2D eigenvalue weighted by Gasteiger charge is 2.25. The topological polar surface area (TPSA) is 125 Å². The lowest BCUT2D eigenvalue weighted by atomic mass is 10.0. The summed E-state index contributed by atoms with van der Waals surface area (Å²) in [7, 11) is 0. The molecule has 2 rings (SSSR count). The molecule has 0 aromatic heterocycles. The van der Waals surface area contributed by atoms with Gasteiger partial charge in [-0.1, -0.05) is 46.2 Å². The zero-order valence-electron chi connectivity index (χ0n) is 21.6. The molecule has 0 fully saturated rings. The van der Waals surface area contributed by atoms with Crippen LogP contribution < -0.4 is 16.0 Å². The van der Waals surface area contributed by atoms with Crippen molar-refractivity contribution >= 4 is 35.2 Å². The van der Waals surface area contributed by atoms with Crippen molar-refractivity contribution in [3.05, 3.63) is 42.0 Å². The van der Waals surface area contributed by atoms with E-state index in [4.69, 9.17) is 0 Å². The van der Waals surface area contributed by atoms with Gasteiger partial charge in [0.25, 0.3) is 11.8 Å². The van der Waals surface area contributed by atoms with Crippen molar-refractivity contribution in [2.24, 2.45) is 11.8 Å². The maximum atomic E-state index is 12.6. The standard InChI is InChI=1S/C27H38N4O5/c1-18(2)16-20-9-11-21(12-10-20)29-23(33)17-28-27(36)26(19(3)4)30-22(32)8-6-5-7-15-31-24(34)13-14-25(31)35/h9-14,18-19,26H,5-8,15-17H2,1-4H3,(H,28,36)(H,29,33)(H,30,32)/t26-/m0/s1. The van der Waals surface area contributed by atoms with Gasteiger partial charge in [-0.3, -0.25) is 28.9 Å². The fraction of sp³-hybridized carbons (Fsp3) is 0.519. The molecule has 0 bridgehead atoms. The highest BCUT2D eigenvalue weighted by molar-refractivity contribution is 6.12. The van der Waals surface area contributed by atoms with E-state index >= 15 is 0 Å². The molecule has 0 saturated heterocycles. The molecule has 36 heavy (non-hydrogen) atoms. The average Bonchev–Trinajstić information content (AvgIpc) is 3.13. The first-order chi connectivity index (χ1) is 17.1. The summed E-state index contributed by atoms with van der Waals surface area (Å²) in [5.41, 5.74) is 1.85. The van der Waals surface area contributed by atoms with Crippen molar-refractivity contribution in [3.8, 4) is 0 Å². The smallest absolute Gasteiger partial charge is 0.253 e. The van der Waals surface area contributed by atoms with Gasteiger partial charge < -0.3 is 16.0 Å². The van der Waals surface area contributed by atoms with Crippen molar-refractivity contribution < 1.29 is 24.0 Å². The summed E-state index contributed by atoms with van der Waals surface area (Å²) in [4.78, 5) is 61.5. The molecular formula is C27H38N4O5. The molecule has 0 unspecified atom stereocenters. The van der Waals surface area contributed by atoms with Gasteiger partial charge in [-0.2, -0.15) is 0 Å². The molecule has 1 atom stereocenters. The third kappa shape index (κ3) is 9.64. The molecule has 0 saturated carbocycles. The predicted octanol–water partition coefficient (Wildman–Crippen LogP) is 2.57. The molecule has 1 aromatic carbocycles. The Hall–Kier alpha value is -3.49. The number of anilines is 1. The number of hydrogen-bond acceptors (Lipinski definition) is 5. The van der Waals surface area contributed by atoms with E-state index in [-0.39, 0.29) is 42.5 Å². The number of imide groups is 1. The highest BCUT2D eigenvalue weighted by Crippen LogP contribution is 2.13. The second kappa shape index (κ2) is 14.2. The summed E-state index contributed by atoms with van der Waals surface area (Å²) in [6.07, 6.45) is 5.54. The van der Waals surface area contributed by atoms with Crippen LogP contribution in [0.4, 0.5) is 5.69 Å². The maximum absolute atomic E-state index is 12.6. The van der Waals surface area contributed by atoms with Gasteiger partial charge in [-0.25, -0.2) is 0 Å². The average molecular weight is 499 g/mol. The van der Waals surface area contributed by atoms with Crippen molar-refractivity contribution in [1.82, 2.24) is 15.5 Å². The largest absolute Gasteiger partial charge is 0.345 e. The van der Waals surface area contributed by atoms with Crippen molar-refractivity contribution in [2.75, 3.05) is 18.4 Å². The molecule has 9 heteroatoms. The Morgan fingerprint density at radius 1 is 0.861 bits per heavy atom. The van der Waals surface area contributed by atoms with Crippen LogP contribution in [0.15, 0.2) is 36.4 Å². The molecule has 0 radical (unpaired) electrons. The van der Waals surface area contributed by atoms with Crippen molar-refractivity contribution in [2.45, 2.75) is 65.8 Å². The fourth-order valence-electron chi connectivity index (χ4n) is 3.84. The highest BCUT2D eigenvalue weighted by atomic mass is 16.2. The minimum Gasteiger partial charge on any atom is -0.345 e. The number of carbonyl (C=O) groups is 5. The van der Waals surface area contributed by atoms with Crippen LogP contribution in [0.25, 0.3) is 0 Å². The molecule has 196 valence electrons. The number of carbonyl (C=O) groups excluding carboxylic acids is 5. The first kappa shape index (κ1) is 28.7. The Bertz CT molecular complexity index is 951. The molecule has 1 aliphatic heterocycles. The number of amides is 5. The van der Waals surface area contributed by atoms with Crippen LogP contribution in [0.2, 0.25) is 0 Å². The lowest BCUT2D eigenvalue weighted by Gasteiger charge is -2.21. The van der Waals surface area contributed by atoms with Crippen LogP contribution in [0.3, 0.4) is 0 Å². The normalized spacial score (nSPS) is 13.9. The number of nitrogens with one attached hydrogen (secondary N) is 3. The van der Waals surface area contributed by atoms with Gasteiger partial charge in [0.05, 0.1) is 6.54 Å². The first-order valence-corrected chi connectivity index (χ1v) is 12.6. The van der Waals surface area contributed by atoms with Crippen LogP contribution in [-0.2, 0) is 30.4 Å². The lowest BCUT2D eigenvalue weighted by Crippen LogP contribution is -2.51. The van der Waals surface area contributed by atoms with Crippen LogP contribution in [-0.4, -0.2) is 53.6 Å². The molecule has 1 aliphatic rings. The predicted molar refractivity (Wildman–Crippen MR) is 138 cm³/mol. The van der Waals surface area contributed by atoms with E-state index in [1.54, 1.807) is 0 Å². The van der Waals surface area contributed by atoms with Crippen LogP contribution in [0.1, 0.15) is 58.9 Å². The molecule has 3 N–H and O–H groups in total. The molecule has 5 amide bonds. The fourth-order valence-corrected chi connectivity index (χ4v) is 3.84. The van der Waals surface area contributed by atoms with Gasteiger partial charge in [0.15, 0.2) is 0 Å². The molecule has 1 heterocycles. The minimum atomic E-state index is -0.758. The van der Waals surface area contributed by atoms with E-state index in [1.807, 2.05) is 38.1 Å². The van der Waals surface area contributed by atoms with E-state index in [2.05, 4.69) is 29.8 Å². The third-order valence-corrected chi connectivity index (χ3v) is 5.76. The van der Waals surface area contributed by atoms with E-state index in [0.29, 0.717) is 37.4 Å². The Morgan fingerprint density at radius 2 is 1.50 bits per heavy atom. The van der Waals surface area contributed by atoms with E-state index < -0.39 is 11.9 Å². The maximum Gasteiger partial charge on any atom is 0.253 e. The second-order valence-electron chi connectivity index (χ2n) is 9.82. The SMILES string of the molecule is CC(C)Cc1ccc(NC(=O)CNC(=O)[C@@H](NC(=O)CCCCCN2C(=O)C=CC2=O)C(C)C)cc1. The molecule has 9 nitrogen and oxygen atoms in total. The van der Waals surface area contributed by atoms with Crippen molar-refractivity contribution in [3.63, 3.8) is 0 Å². The Balaban J connectivity index is 1.70. The zero-order valence-corrected chi connectivity index (χ0v) is 21.6. The van der Waals surface area contributed by atoms with Gasteiger partial charge in [0.2, 0.25) is 17.7 Å². The summed E-state index contributed by atoms with van der Waals surface area (Å²) < 4.78 is 0. The molecule has 0 aliphatic carbocycles. The minimum absolute atomic E-state index is 0.162. The number of rotatable bonds is 14. The zero-order chi connectivity index (χ0) is 26.7. The quantitative estimate of drug-likeness (QED) is 0.269. The van der Waals surface area contributed by atoms with E-state index in [9.17, 15) is 24.0 Å². The number of hydrogen-bond donors (Lipinski definition) is 3. The molecular weight excluding hydrogens is 460 g/mol. The summed E-state index contributed by atoms with van der Waals surface area (Å²) in [6, 6.07) is 6.87.